The van der Waals surface area contributed by atoms with Crippen LogP contribution in [-0.4, -0.2) is 40.8 Å². The third-order valence-electron chi connectivity index (χ3n) is 5.43. The van der Waals surface area contributed by atoms with Crippen molar-refractivity contribution in [2.24, 2.45) is 5.92 Å². The fourth-order valence-electron chi connectivity index (χ4n) is 3.74. The first-order valence-corrected chi connectivity index (χ1v) is 11.7. The highest BCUT2D eigenvalue weighted by molar-refractivity contribution is 7.18. The van der Waals surface area contributed by atoms with Crippen LogP contribution in [-0.2, 0) is 4.79 Å². The molecule has 0 aliphatic carbocycles. The Morgan fingerprint density at radius 3 is 2.55 bits per heavy atom. The minimum atomic E-state index is -0.497. The van der Waals surface area contributed by atoms with Gasteiger partial charge in [0, 0.05) is 19.0 Å². The van der Waals surface area contributed by atoms with Gasteiger partial charge in [0.1, 0.15) is 6.04 Å². The number of thiazole rings is 1. The van der Waals surface area contributed by atoms with Crippen molar-refractivity contribution >= 4 is 44.7 Å². The second-order valence-corrected chi connectivity index (χ2v) is 9.80. The van der Waals surface area contributed by atoms with Crippen LogP contribution in [0.2, 0.25) is 0 Å². The van der Waals surface area contributed by atoms with E-state index in [9.17, 15) is 9.59 Å². The molecule has 3 aromatic rings. The molecule has 1 unspecified atom stereocenters. The highest BCUT2D eigenvalue weighted by Crippen LogP contribution is 2.34. The van der Waals surface area contributed by atoms with Gasteiger partial charge in [-0.05, 0) is 42.3 Å². The molecule has 1 atom stereocenters. The number of rotatable bonds is 5. The van der Waals surface area contributed by atoms with Gasteiger partial charge in [-0.25, -0.2) is 4.98 Å². The number of nitrogens with one attached hydrogen (secondary N) is 1. The zero-order chi connectivity index (χ0) is 20.4. The fourth-order valence-corrected chi connectivity index (χ4v) is 5.51. The van der Waals surface area contributed by atoms with E-state index in [0.29, 0.717) is 23.9 Å². The molecule has 0 bridgehead atoms. The molecule has 2 aromatic heterocycles. The number of benzene rings is 1. The van der Waals surface area contributed by atoms with Gasteiger partial charge >= 0.3 is 0 Å². The van der Waals surface area contributed by atoms with E-state index in [1.165, 1.54) is 21.0 Å². The lowest BCUT2D eigenvalue weighted by atomic mass is 9.95. The molecular formula is C22H25N3O2S2. The van der Waals surface area contributed by atoms with Crippen LogP contribution in [0.4, 0.5) is 0 Å². The van der Waals surface area contributed by atoms with Gasteiger partial charge in [0.2, 0.25) is 5.91 Å². The van der Waals surface area contributed by atoms with Gasteiger partial charge in [0.15, 0.2) is 0 Å². The zero-order valence-electron chi connectivity index (χ0n) is 16.6. The van der Waals surface area contributed by atoms with E-state index in [1.54, 1.807) is 17.4 Å². The average Bonchev–Trinajstić information content (AvgIpc) is 3.41. The normalized spacial score (nSPS) is 16.3. The predicted molar refractivity (Wildman–Crippen MR) is 119 cm³/mol. The average molecular weight is 428 g/mol. The lowest BCUT2D eigenvalue weighted by molar-refractivity contribution is -0.135. The second-order valence-electron chi connectivity index (χ2n) is 7.79. The Balaban J connectivity index is 1.39. The fraction of sp³-hybridized carbons (Fsp3) is 0.409. The van der Waals surface area contributed by atoms with Crippen molar-refractivity contribution in [1.29, 1.82) is 0 Å². The Hall–Kier alpha value is -2.25. The number of likely N-dealkylation sites (tertiary alicyclic amines) is 1. The molecule has 152 valence electrons. The summed E-state index contributed by atoms with van der Waals surface area (Å²) in [4.78, 5) is 32.9. The first-order valence-electron chi connectivity index (χ1n) is 10.0. The van der Waals surface area contributed by atoms with Crippen LogP contribution < -0.4 is 5.32 Å². The van der Waals surface area contributed by atoms with Gasteiger partial charge in [0.05, 0.1) is 20.1 Å². The molecule has 1 N–H and O–H groups in total. The quantitative estimate of drug-likeness (QED) is 0.651. The Morgan fingerprint density at radius 1 is 1.14 bits per heavy atom. The van der Waals surface area contributed by atoms with Crippen molar-refractivity contribution in [1.82, 2.24) is 15.2 Å². The van der Waals surface area contributed by atoms with Crippen LogP contribution in [0.5, 0.6) is 0 Å². The third-order valence-corrected chi connectivity index (χ3v) is 7.50. The SMILES string of the molecule is CC(C)C(NC(=O)c1cccs1)C(=O)N1CCC(c2nc3ccccc3s2)CC1. The number of hydrogen-bond acceptors (Lipinski definition) is 5. The van der Waals surface area contributed by atoms with Crippen LogP contribution in [0.15, 0.2) is 41.8 Å². The Labute approximate surface area is 178 Å². The lowest BCUT2D eigenvalue weighted by Gasteiger charge is -2.34. The largest absolute Gasteiger partial charge is 0.341 e. The van der Waals surface area contributed by atoms with Gasteiger partial charge in [-0.15, -0.1) is 22.7 Å². The summed E-state index contributed by atoms with van der Waals surface area (Å²) in [5, 5.41) is 5.99. The van der Waals surface area contributed by atoms with Crippen LogP contribution in [0, 0.1) is 5.92 Å². The molecule has 0 spiro atoms. The maximum absolute atomic E-state index is 13.1. The number of amides is 2. The Kier molecular flexibility index (Phi) is 5.96. The van der Waals surface area contributed by atoms with Crippen molar-refractivity contribution in [3.63, 3.8) is 0 Å². The molecular weight excluding hydrogens is 402 g/mol. The molecule has 2 amide bonds. The van der Waals surface area contributed by atoms with Crippen molar-refractivity contribution in [2.45, 2.75) is 38.6 Å². The van der Waals surface area contributed by atoms with E-state index in [1.807, 2.05) is 42.3 Å². The molecule has 7 heteroatoms. The zero-order valence-corrected chi connectivity index (χ0v) is 18.3. The topological polar surface area (TPSA) is 62.3 Å². The molecule has 0 radical (unpaired) electrons. The molecule has 5 nitrogen and oxygen atoms in total. The minimum absolute atomic E-state index is 0.0210. The van der Waals surface area contributed by atoms with Crippen molar-refractivity contribution < 1.29 is 9.59 Å². The number of fused-ring (bicyclic) bond motifs is 1. The second kappa shape index (κ2) is 8.63. The lowest BCUT2D eigenvalue weighted by Crippen LogP contribution is -2.52. The van der Waals surface area contributed by atoms with Gasteiger partial charge in [-0.3, -0.25) is 9.59 Å². The maximum Gasteiger partial charge on any atom is 0.262 e. The van der Waals surface area contributed by atoms with E-state index in [-0.39, 0.29) is 17.7 Å². The molecule has 1 aliphatic heterocycles. The van der Waals surface area contributed by atoms with Crippen LogP contribution in [0.1, 0.15) is 47.3 Å². The summed E-state index contributed by atoms with van der Waals surface area (Å²) in [6.45, 7) is 5.37. The van der Waals surface area contributed by atoms with Crippen molar-refractivity contribution in [3.8, 4) is 0 Å². The molecule has 0 saturated carbocycles. The molecule has 1 fully saturated rings. The first kappa shape index (κ1) is 20.0. The summed E-state index contributed by atoms with van der Waals surface area (Å²) in [6.07, 6.45) is 1.82. The van der Waals surface area contributed by atoms with Gasteiger partial charge < -0.3 is 10.2 Å². The highest BCUT2D eigenvalue weighted by Gasteiger charge is 2.32. The van der Waals surface area contributed by atoms with Crippen molar-refractivity contribution in [2.75, 3.05) is 13.1 Å². The molecule has 4 rings (SSSR count). The molecule has 1 aliphatic rings. The summed E-state index contributed by atoms with van der Waals surface area (Å²) in [6, 6.07) is 11.4. The molecule has 3 heterocycles. The Bertz CT molecular complexity index is 956. The highest BCUT2D eigenvalue weighted by atomic mass is 32.1. The Morgan fingerprint density at radius 2 is 1.90 bits per heavy atom. The number of piperidine rings is 1. The van der Waals surface area contributed by atoms with Crippen LogP contribution in [0.3, 0.4) is 0 Å². The summed E-state index contributed by atoms with van der Waals surface area (Å²) in [5.74, 6) is 0.284. The van der Waals surface area contributed by atoms with Crippen LogP contribution in [0.25, 0.3) is 10.2 Å². The van der Waals surface area contributed by atoms with E-state index >= 15 is 0 Å². The minimum Gasteiger partial charge on any atom is -0.341 e. The summed E-state index contributed by atoms with van der Waals surface area (Å²) in [5.41, 5.74) is 1.06. The third kappa shape index (κ3) is 4.36. The summed E-state index contributed by atoms with van der Waals surface area (Å²) < 4.78 is 1.22. The first-order chi connectivity index (χ1) is 14.0. The van der Waals surface area contributed by atoms with E-state index in [2.05, 4.69) is 17.4 Å². The van der Waals surface area contributed by atoms with E-state index in [4.69, 9.17) is 4.98 Å². The van der Waals surface area contributed by atoms with Gasteiger partial charge in [-0.2, -0.15) is 0 Å². The number of para-hydroxylation sites is 1. The van der Waals surface area contributed by atoms with Crippen molar-refractivity contribution in [3.05, 3.63) is 51.7 Å². The summed E-state index contributed by atoms with van der Waals surface area (Å²) in [7, 11) is 0. The standard InChI is InChI=1S/C22H25N3O2S2/c1-14(2)19(24-20(26)18-8-5-13-28-18)22(27)25-11-9-15(10-12-25)21-23-16-6-3-4-7-17(16)29-21/h3-8,13-15,19H,9-12H2,1-2H3,(H,24,26). The van der Waals surface area contributed by atoms with Gasteiger partial charge in [0.25, 0.3) is 5.91 Å². The molecule has 1 aromatic carbocycles. The maximum atomic E-state index is 13.1. The number of hydrogen-bond donors (Lipinski definition) is 1. The number of aromatic nitrogens is 1. The number of thiophene rings is 1. The van der Waals surface area contributed by atoms with E-state index < -0.39 is 6.04 Å². The molecule has 29 heavy (non-hydrogen) atoms. The van der Waals surface area contributed by atoms with E-state index in [0.717, 1.165) is 18.4 Å². The van der Waals surface area contributed by atoms with Crippen LogP contribution >= 0.6 is 22.7 Å². The number of carbonyl (C=O) groups is 2. The smallest absolute Gasteiger partial charge is 0.262 e. The van der Waals surface area contributed by atoms with Gasteiger partial charge in [-0.1, -0.05) is 32.0 Å². The monoisotopic (exact) mass is 427 g/mol. The number of nitrogens with zero attached hydrogens (tertiary/aromatic N) is 2. The predicted octanol–water partition coefficient (Wildman–Crippen LogP) is 4.52. The number of carbonyl (C=O) groups excluding carboxylic acids is 2. The summed E-state index contributed by atoms with van der Waals surface area (Å²) >= 11 is 3.15. The molecule has 1 saturated heterocycles.